The molecule has 0 unspecified atom stereocenters. The Morgan fingerprint density at radius 1 is 1.06 bits per heavy atom. The smallest absolute Gasteiger partial charge is 0.170 e. The lowest BCUT2D eigenvalue weighted by Gasteiger charge is -2.31. The summed E-state index contributed by atoms with van der Waals surface area (Å²) in [6.07, 6.45) is 1.80. The summed E-state index contributed by atoms with van der Waals surface area (Å²) < 4.78 is 11.9. The van der Waals surface area contributed by atoms with Crippen LogP contribution in [0.5, 0.6) is 0 Å². The van der Waals surface area contributed by atoms with E-state index in [4.69, 9.17) is 44.6 Å². The molecule has 0 amide bonds. The summed E-state index contributed by atoms with van der Waals surface area (Å²) >= 11 is 18.3. The van der Waals surface area contributed by atoms with Crippen molar-refractivity contribution in [2.24, 2.45) is 0 Å². The number of halogens is 2. The van der Waals surface area contributed by atoms with E-state index >= 15 is 0 Å². The van der Waals surface area contributed by atoms with Crippen molar-refractivity contribution < 1.29 is 9.15 Å². The molecule has 0 bridgehead atoms. The second kappa shape index (κ2) is 9.99. The van der Waals surface area contributed by atoms with E-state index in [9.17, 15) is 0 Å². The molecule has 2 fully saturated rings. The SMILES string of the molecule is S=C1N[C@@H](c2ccccn2)[C@H](c2ccc(-c3ccc(Cl)cc3Cl)o2)N1CCN1CCOCC1. The number of pyridine rings is 1. The van der Waals surface area contributed by atoms with Crippen molar-refractivity contribution in [1.82, 2.24) is 20.1 Å². The van der Waals surface area contributed by atoms with Crippen LogP contribution in [0, 0.1) is 0 Å². The number of benzene rings is 1. The van der Waals surface area contributed by atoms with Crippen molar-refractivity contribution >= 4 is 40.5 Å². The van der Waals surface area contributed by atoms with Gasteiger partial charge in [0.05, 0.1) is 30.0 Å². The number of hydrogen-bond donors (Lipinski definition) is 1. The molecule has 1 aromatic carbocycles. The van der Waals surface area contributed by atoms with Crippen molar-refractivity contribution in [1.29, 1.82) is 0 Å². The van der Waals surface area contributed by atoms with Gasteiger partial charge in [0.15, 0.2) is 5.11 Å². The maximum Gasteiger partial charge on any atom is 0.170 e. The summed E-state index contributed by atoms with van der Waals surface area (Å²) in [5.41, 5.74) is 1.72. The second-order valence-corrected chi connectivity index (χ2v) is 9.33. The highest BCUT2D eigenvalue weighted by Crippen LogP contribution is 2.41. The van der Waals surface area contributed by atoms with Gasteiger partial charge in [-0.25, -0.2) is 0 Å². The van der Waals surface area contributed by atoms with Crippen LogP contribution in [0.1, 0.15) is 23.5 Å². The molecule has 6 nitrogen and oxygen atoms in total. The lowest BCUT2D eigenvalue weighted by Crippen LogP contribution is -2.42. The van der Waals surface area contributed by atoms with E-state index in [-0.39, 0.29) is 12.1 Å². The van der Waals surface area contributed by atoms with Crippen molar-refractivity contribution in [3.8, 4) is 11.3 Å². The topological polar surface area (TPSA) is 53.8 Å². The minimum atomic E-state index is -0.131. The maximum atomic E-state index is 6.43. The normalized spacial score (nSPS) is 21.4. The Balaban J connectivity index is 1.45. The van der Waals surface area contributed by atoms with E-state index in [0.29, 0.717) is 20.9 Å². The highest BCUT2D eigenvalue weighted by Gasteiger charge is 2.41. The van der Waals surface area contributed by atoms with Crippen LogP contribution in [0.25, 0.3) is 11.3 Å². The van der Waals surface area contributed by atoms with E-state index < -0.39 is 0 Å². The van der Waals surface area contributed by atoms with Crippen LogP contribution >= 0.6 is 35.4 Å². The lowest BCUT2D eigenvalue weighted by atomic mass is 10.0. The number of hydrogen-bond acceptors (Lipinski definition) is 5. The summed E-state index contributed by atoms with van der Waals surface area (Å²) in [5, 5.41) is 5.31. The minimum Gasteiger partial charge on any atom is -0.459 e. The molecule has 5 rings (SSSR count). The number of morpholine rings is 1. The molecule has 3 aromatic rings. The van der Waals surface area contributed by atoms with Crippen molar-refractivity contribution in [3.05, 3.63) is 76.2 Å². The molecule has 0 saturated carbocycles. The fraction of sp³-hybridized carbons (Fsp3) is 0.333. The van der Waals surface area contributed by atoms with Crippen molar-refractivity contribution in [2.45, 2.75) is 12.1 Å². The first-order valence-electron chi connectivity index (χ1n) is 10.9. The number of aromatic nitrogens is 1. The number of rotatable bonds is 6. The number of ether oxygens (including phenoxy) is 1. The standard InChI is InChI=1S/C24H24Cl2N4O2S/c25-16-4-5-17(18(26)15-16)20-6-7-21(32-20)23-22(19-3-1-2-8-27-19)28-24(33)30(23)10-9-29-11-13-31-14-12-29/h1-8,15,22-23H,9-14H2,(H,28,33)/t22-,23-/m0/s1. The van der Waals surface area contributed by atoms with E-state index in [2.05, 4.69) is 20.1 Å². The maximum absolute atomic E-state index is 6.43. The predicted octanol–water partition coefficient (Wildman–Crippen LogP) is 4.95. The number of nitrogens with one attached hydrogen (secondary N) is 1. The zero-order chi connectivity index (χ0) is 22.8. The molecule has 2 atom stereocenters. The average Bonchev–Trinajstić information content (AvgIpc) is 3.43. The summed E-state index contributed by atoms with van der Waals surface area (Å²) in [7, 11) is 0. The zero-order valence-corrected chi connectivity index (χ0v) is 20.2. The Bertz CT molecular complexity index is 1120. The minimum absolute atomic E-state index is 0.122. The third-order valence-electron chi connectivity index (χ3n) is 6.07. The van der Waals surface area contributed by atoms with Crippen LogP contribution in [-0.4, -0.2) is 59.3 Å². The summed E-state index contributed by atoms with van der Waals surface area (Å²) in [6.45, 7) is 5.08. The fourth-order valence-electron chi connectivity index (χ4n) is 4.38. The Morgan fingerprint density at radius 3 is 2.67 bits per heavy atom. The van der Waals surface area contributed by atoms with Crippen molar-refractivity contribution in [2.75, 3.05) is 39.4 Å². The first-order chi connectivity index (χ1) is 16.1. The molecule has 0 spiro atoms. The molecule has 0 aliphatic carbocycles. The van der Waals surface area contributed by atoms with E-state index in [1.54, 1.807) is 12.3 Å². The molecule has 2 saturated heterocycles. The molecule has 33 heavy (non-hydrogen) atoms. The van der Waals surface area contributed by atoms with E-state index in [1.807, 2.05) is 42.5 Å². The summed E-state index contributed by atoms with van der Waals surface area (Å²) in [5.74, 6) is 1.50. The Kier molecular flexibility index (Phi) is 6.85. The second-order valence-electron chi connectivity index (χ2n) is 8.10. The van der Waals surface area contributed by atoms with Crippen LogP contribution in [0.4, 0.5) is 0 Å². The monoisotopic (exact) mass is 502 g/mol. The van der Waals surface area contributed by atoms with Gasteiger partial charge < -0.3 is 19.4 Å². The first-order valence-corrected chi connectivity index (χ1v) is 12.1. The van der Waals surface area contributed by atoms with Gasteiger partial charge in [-0.1, -0.05) is 29.3 Å². The third kappa shape index (κ3) is 4.88. The van der Waals surface area contributed by atoms with Gasteiger partial charge in [-0.15, -0.1) is 0 Å². The van der Waals surface area contributed by atoms with Gasteiger partial charge in [-0.05, 0) is 54.7 Å². The van der Waals surface area contributed by atoms with Gasteiger partial charge in [-0.2, -0.15) is 0 Å². The largest absolute Gasteiger partial charge is 0.459 e. The van der Waals surface area contributed by atoms with E-state index in [1.165, 1.54) is 0 Å². The van der Waals surface area contributed by atoms with Crippen LogP contribution in [0.3, 0.4) is 0 Å². The van der Waals surface area contributed by atoms with Gasteiger partial charge in [0.25, 0.3) is 0 Å². The van der Waals surface area contributed by atoms with Crippen LogP contribution in [-0.2, 0) is 4.74 Å². The van der Waals surface area contributed by atoms with Crippen LogP contribution < -0.4 is 5.32 Å². The third-order valence-corrected chi connectivity index (χ3v) is 6.97. The Morgan fingerprint density at radius 2 is 1.91 bits per heavy atom. The molecule has 172 valence electrons. The quantitative estimate of drug-likeness (QED) is 0.478. The molecule has 2 aliphatic rings. The van der Waals surface area contributed by atoms with Gasteiger partial charge in [0.2, 0.25) is 0 Å². The zero-order valence-electron chi connectivity index (χ0n) is 17.9. The molecule has 1 N–H and O–H groups in total. The highest BCUT2D eigenvalue weighted by atomic mass is 35.5. The Labute approximate surface area is 208 Å². The van der Waals surface area contributed by atoms with Gasteiger partial charge in [-0.3, -0.25) is 9.88 Å². The molecule has 2 aliphatic heterocycles. The molecule has 2 aromatic heterocycles. The average molecular weight is 503 g/mol. The van der Waals surface area contributed by atoms with Crippen molar-refractivity contribution in [3.63, 3.8) is 0 Å². The molecular formula is C24H24Cl2N4O2S. The van der Waals surface area contributed by atoms with E-state index in [0.717, 1.165) is 56.4 Å². The highest BCUT2D eigenvalue weighted by molar-refractivity contribution is 7.80. The molecule has 4 heterocycles. The van der Waals surface area contributed by atoms with Gasteiger partial charge in [0.1, 0.15) is 17.6 Å². The summed E-state index contributed by atoms with van der Waals surface area (Å²) in [4.78, 5) is 9.20. The summed E-state index contributed by atoms with van der Waals surface area (Å²) in [6, 6.07) is 15.0. The number of furan rings is 1. The molecule has 0 radical (unpaired) electrons. The predicted molar refractivity (Wildman–Crippen MR) is 134 cm³/mol. The molecular weight excluding hydrogens is 479 g/mol. The first kappa shape index (κ1) is 22.6. The molecule has 9 heteroatoms. The fourth-order valence-corrected chi connectivity index (χ4v) is 5.21. The van der Waals surface area contributed by atoms with Gasteiger partial charge in [0, 0.05) is 43.0 Å². The van der Waals surface area contributed by atoms with Crippen LogP contribution in [0.15, 0.2) is 59.1 Å². The van der Waals surface area contributed by atoms with Gasteiger partial charge >= 0.3 is 0 Å². The van der Waals surface area contributed by atoms with Crippen LogP contribution in [0.2, 0.25) is 10.0 Å². The number of nitrogens with zero attached hydrogens (tertiary/aromatic N) is 3. The number of thiocarbonyl (C=S) groups is 1. The Hall–Kier alpha value is -2.16. The lowest BCUT2D eigenvalue weighted by molar-refractivity contribution is 0.0347.